The van der Waals surface area contributed by atoms with Crippen molar-refractivity contribution in [1.29, 1.82) is 0 Å². The second kappa shape index (κ2) is 6.92. The first-order valence-electron chi connectivity index (χ1n) is 6.25. The minimum absolute atomic E-state index is 0.221. The zero-order chi connectivity index (χ0) is 14.4. The topological polar surface area (TPSA) is 64.5 Å². The number of carbonyl (C=O) groups excluding carboxylic acids is 1. The predicted octanol–water partition coefficient (Wildman–Crippen LogP) is 1.43. The van der Waals surface area contributed by atoms with Gasteiger partial charge < -0.3 is 14.4 Å². The number of anilines is 1. The van der Waals surface area contributed by atoms with Gasteiger partial charge in [-0.15, -0.1) is 0 Å². The molecule has 0 spiro atoms. The minimum Gasteiger partial charge on any atom is -0.478 e. The molecule has 0 aliphatic heterocycles. The number of aromatic nitrogens is 2. The molecule has 0 saturated carbocycles. The van der Waals surface area contributed by atoms with E-state index >= 15 is 0 Å². The first-order valence-corrected chi connectivity index (χ1v) is 6.25. The molecule has 1 unspecified atom stereocenters. The van der Waals surface area contributed by atoms with Gasteiger partial charge in [0.2, 0.25) is 5.88 Å². The van der Waals surface area contributed by atoms with Crippen molar-refractivity contribution in [3.63, 3.8) is 0 Å². The maximum absolute atomic E-state index is 11.4. The Morgan fingerprint density at radius 3 is 2.74 bits per heavy atom. The maximum Gasteiger partial charge on any atom is 0.310 e. The SMILES string of the molecule is CCOc1cc(N(C)CC(C)C(=O)OC)nc(C)n1. The molecule has 0 fully saturated rings. The van der Waals surface area contributed by atoms with Crippen LogP contribution in [0.1, 0.15) is 19.7 Å². The predicted molar refractivity (Wildman–Crippen MR) is 72.4 cm³/mol. The fraction of sp³-hybridized carbons (Fsp3) is 0.615. The molecule has 1 aromatic rings. The molecule has 6 heteroatoms. The van der Waals surface area contributed by atoms with Gasteiger partial charge in [0.05, 0.1) is 19.6 Å². The third-order valence-corrected chi connectivity index (χ3v) is 2.64. The van der Waals surface area contributed by atoms with Crippen LogP contribution in [-0.2, 0) is 9.53 Å². The molecule has 0 amide bonds. The molecule has 0 N–H and O–H groups in total. The van der Waals surface area contributed by atoms with Crippen LogP contribution in [0, 0.1) is 12.8 Å². The standard InChI is InChI=1S/C13H21N3O3/c1-6-19-12-7-11(14-10(3)15-12)16(4)8-9(2)13(17)18-5/h7,9H,6,8H2,1-5H3. The highest BCUT2D eigenvalue weighted by Crippen LogP contribution is 2.17. The molecule has 19 heavy (non-hydrogen) atoms. The number of esters is 1. The van der Waals surface area contributed by atoms with Crippen LogP contribution in [0.2, 0.25) is 0 Å². The van der Waals surface area contributed by atoms with Gasteiger partial charge in [-0.1, -0.05) is 6.92 Å². The lowest BCUT2D eigenvalue weighted by Crippen LogP contribution is -2.30. The molecule has 1 heterocycles. The third-order valence-electron chi connectivity index (χ3n) is 2.64. The van der Waals surface area contributed by atoms with Gasteiger partial charge in [0.1, 0.15) is 11.6 Å². The van der Waals surface area contributed by atoms with Crippen molar-refractivity contribution in [2.45, 2.75) is 20.8 Å². The van der Waals surface area contributed by atoms with Gasteiger partial charge in [-0.3, -0.25) is 4.79 Å². The van der Waals surface area contributed by atoms with Crippen LogP contribution in [0.5, 0.6) is 5.88 Å². The Labute approximate surface area is 113 Å². The van der Waals surface area contributed by atoms with E-state index < -0.39 is 0 Å². The lowest BCUT2D eigenvalue weighted by Gasteiger charge is -2.21. The summed E-state index contributed by atoms with van der Waals surface area (Å²) in [5, 5.41) is 0. The van der Waals surface area contributed by atoms with Crippen LogP contribution in [0.15, 0.2) is 6.07 Å². The van der Waals surface area contributed by atoms with Crippen LogP contribution in [0.25, 0.3) is 0 Å². The second-order valence-corrected chi connectivity index (χ2v) is 4.35. The number of hydrogen-bond donors (Lipinski definition) is 0. The van der Waals surface area contributed by atoms with E-state index in [-0.39, 0.29) is 11.9 Å². The van der Waals surface area contributed by atoms with Crippen LogP contribution < -0.4 is 9.64 Å². The number of hydrogen-bond acceptors (Lipinski definition) is 6. The Balaban J connectivity index is 2.81. The summed E-state index contributed by atoms with van der Waals surface area (Å²) in [5.74, 6) is 1.45. The average molecular weight is 267 g/mol. The monoisotopic (exact) mass is 267 g/mol. The van der Waals surface area contributed by atoms with Gasteiger partial charge in [0.25, 0.3) is 0 Å². The van der Waals surface area contributed by atoms with E-state index in [2.05, 4.69) is 9.97 Å². The number of carbonyl (C=O) groups is 1. The van der Waals surface area contributed by atoms with Crippen molar-refractivity contribution in [3.05, 3.63) is 11.9 Å². The van der Waals surface area contributed by atoms with E-state index in [1.54, 1.807) is 6.07 Å². The van der Waals surface area contributed by atoms with Crippen LogP contribution in [0.3, 0.4) is 0 Å². The van der Waals surface area contributed by atoms with Gasteiger partial charge >= 0.3 is 5.97 Å². The molecule has 0 aliphatic rings. The molecule has 6 nitrogen and oxygen atoms in total. The van der Waals surface area contributed by atoms with Crippen molar-refractivity contribution in [1.82, 2.24) is 9.97 Å². The third kappa shape index (κ3) is 4.39. The van der Waals surface area contributed by atoms with Crippen molar-refractivity contribution < 1.29 is 14.3 Å². The van der Waals surface area contributed by atoms with Crippen molar-refractivity contribution >= 4 is 11.8 Å². The molecule has 0 bridgehead atoms. The summed E-state index contributed by atoms with van der Waals surface area (Å²) in [6.45, 7) is 6.61. The maximum atomic E-state index is 11.4. The average Bonchev–Trinajstić information content (AvgIpc) is 2.37. The quantitative estimate of drug-likeness (QED) is 0.726. The van der Waals surface area contributed by atoms with E-state index in [1.807, 2.05) is 32.7 Å². The summed E-state index contributed by atoms with van der Waals surface area (Å²) >= 11 is 0. The highest BCUT2D eigenvalue weighted by molar-refractivity contribution is 5.72. The summed E-state index contributed by atoms with van der Waals surface area (Å²) in [6.07, 6.45) is 0. The Hall–Kier alpha value is -1.85. The molecule has 0 aromatic carbocycles. The zero-order valence-corrected chi connectivity index (χ0v) is 12.1. The summed E-state index contributed by atoms with van der Waals surface area (Å²) in [5.41, 5.74) is 0. The number of methoxy groups -OCH3 is 1. The van der Waals surface area contributed by atoms with Gasteiger partial charge in [-0.25, -0.2) is 4.98 Å². The van der Waals surface area contributed by atoms with E-state index in [0.29, 0.717) is 24.9 Å². The molecular weight excluding hydrogens is 246 g/mol. The molecule has 0 saturated heterocycles. The molecule has 1 aromatic heterocycles. The van der Waals surface area contributed by atoms with Crippen LogP contribution >= 0.6 is 0 Å². The molecular formula is C13H21N3O3. The van der Waals surface area contributed by atoms with Gasteiger partial charge in [0.15, 0.2) is 0 Å². The van der Waals surface area contributed by atoms with Gasteiger partial charge in [-0.2, -0.15) is 4.98 Å². The number of ether oxygens (including phenoxy) is 2. The van der Waals surface area contributed by atoms with Crippen LogP contribution in [-0.4, -0.2) is 43.2 Å². The Morgan fingerprint density at radius 2 is 2.16 bits per heavy atom. The number of rotatable bonds is 6. The fourth-order valence-corrected chi connectivity index (χ4v) is 1.72. The van der Waals surface area contributed by atoms with E-state index in [4.69, 9.17) is 9.47 Å². The molecule has 106 valence electrons. The van der Waals surface area contributed by atoms with Crippen molar-refractivity contribution in [2.75, 3.05) is 32.2 Å². The minimum atomic E-state index is -0.234. The van der Waals surface area contributed by atoms with Crippen molar-refractivity contribution in [3.8, 4) is 5.88 Å². The second-order valence-electron chi connectivity index (χ2n) is 4.35. The molecule has 1 atom stereocenters. The zero-order valence-electron chi connectivity index (χ0n) is 12.1. The summed E-state index contributed by atoms with van der Waals surface area (Å²) in [7, 11) is 3.26. The van der Waals surface area contributed by atoms with E-state index in [0.717, 1.165) is 5.82 Å². The summed E-state index contributed by atoms with van der Waals surface area (Å²) < 4.78 is 10.1. The smallest absolute Gasteiger partial charge is 0.310 e. The van der Waals surface area contributed by atoms with E-state index in [1.165, 1.54) is 7.11 Å². The highest BCUT2D eigenvalue weighted by atomic mass is 16.5. The molecule has 0 radical (unpaired) electrons. The number of nitrogens with zero attached hydrogens (tertiary/aromatic N) is 3. The Morgan fingerprint density at radius 1 is 1.47 bits per heavy atom. The Kier molecular flexibility index (Phi) is 5.54. The van der Waals surface area contributed by atoms with Crippen molar-refractivity contribution in [2.24, 2.45) is 5.92 Å². The lowest BCUT2D eigenvalue weighted by atomic mass is 10.2. The normalized spacial score (nSPS) is 11.8. The Bertz CT molecular complexity index is 437. The number of aryl methyl sites for hydroxylation is 1. The first-order chi connectivity index (χ1) is 8.97. The summed E-state index contributed by atoms with van der Waals surface area (Å²) in [6, 6.07) is 1.76. The summed E-state index contributed by atoms with van der Waals surface area (Å²) in [4.78, 5) is 21.8. The van der Waals surface area contributed by atoms with Crippen LogP contribution in [0.4, 0.5) is 5.82 Å². The highest BCUT2D eigenvalue weighted by Gasteiger charge is 2.17. The molecule has 1 rings (SSSR count). The largest absolute Gasteiger partial charge is 0.478 e. The first kappa shape index (κ1) is 15.2. The lowest BCUT2D eigenvalue weighted by molar-refractivity contribution is -0.144. The van der Waals surface area contributed by atoms with E-state index in [9.17, 15) is 4.79 Å². The van der Waals surface area contributed by atoms with Gasteiger partial charge in [-0.05, 0) is 13.8 Å². The molecule has 0 aliphatic carbocycles. The fourth-order valence-electron chi connectivity index (χ4n) is 1.72. The van der Waals surface area contributed by atoms with Gasteiger partial charge in [0, 0.05) is 19.7 Å².